The monoisotopic (exact) mass is 382 g/mol. The van der Waals surface area contributed by atoms with Gasteiger partial charge in [0.15, 0.2) is 0 Å². The molecule has 1 N–H and O–H groups in total. The molecule has 0 saturated carbocycles. The van der Waals surface area contributed by atoms with E-state index in [-0.39, 0.29) is 16.8 Å². The summed E-state index contributed by atoms with van der Waals surface area (Å²) in [6, 6.07) is 6.12. The fourth-order valence-corrected chi connectivity index (χ4v) is 3.80. The third-order valence-electron chi connectivity index (χ3n) is 4.02. The van der Waals surface area contributed by atoms with Crippen molar-refractivity contribution in [1.82, 2.24) is 9.62 Å². The zero-order chi connectivity index (χ0) is 19.9. The molecule has 0 unspecified atom stereocenters. The van der Waals surface area contributed by atoms with Gasteiger partial charge >= 0.3 is 0 Å². The lowest BCUT2D eigenvalue weighted by molar-refractivity contribution is 0.0740. The van der Waals surface area contributed by atoms with Gasteiger partial charge < -0.3 is 4.90 Å². The van der Waals surface area contributed by atoms with Crippen molar-refractivity contribution in [1.29, 1.82) is 0 Å². The van der Waals surface area contributed by atoms with E-state index >= 15 is 0 Å². The predicted octanol–water partition coefficient (Wildman–Crippen LogP) is 3.91. The van der Waals surface area contributed by atoms with Crippen LogP contribution in [0.2, 0.25) is 0 Å². The molecule has 1 aromatic rings. The molecule has 0 bridgehead atoms. The number of carbonyl (C=O) groups is 1. The van der Waals surface area contributed by atoms with Crippen molar-refractivity contribution in [3.05, 3.63) is 29.8 Å². The Labute approximate surface area is 159 Å². The Morgan fingerprint density at radius 2 is 1.54 bits per heavy atom. The lowest BCUT2D eigenvalue weighted by atomic mass is 10.1. The second kappa shape index (κ2) is 10.1. The first-order valence-electron chi connectivity index (χ1n) is 9.44. The minimum atomic E-state index is -3.61. The van der Waals surface area contributed by atoms with Crippen LogP contribution in [-0.2, 0) is 10.0 Å². The van der Waals surface area contributed by atoms with Gasteiger partial charge in [-0.25, -0.2) is 13.1 Å². The number of benzene rings is 1. The van der Waals surface area contributed by atoms with Crippen LogP contribution in [0.4, 0.5) is 0 Å². The maximum Gasteiger partial charge on any atom is 0.253 e. The Hall–Kier alpha value is -1.40. The van der Waals surface area contributed by atoms with Gasteiger partial charge in [-0.3, -0.25) is 4.79 Å². The van der Waals surface area contributed by atoms with Crippen LogP contribution in [0.5, 0.6) is 0 Å². The maximum absolute atomic E-state index is 13.0. The van der Waals surface area contributed by atoms with Crippen LogP contribution in [0, 0.1) is 11.8 Å². The molecule has 1 aromatic carbocycles. The molecule has 0 atom stereocenters. The van der Waals surface area contributed by atoms with Crippen LogP contribution in [0.3, 0.4) is 0 Å². The van der Waals surface area contributed by atoms with E-state index in [9.17, 15) is 13.2 Å². The average Bonchev–Trinajstić information content (AvgIpc) is 2.53. The van der Waals surface area contributed by atoms with Gasteiger partial charge in [0.05, 0.1) is 4.90 Å². The van der Waals surface area contributed by atoms with E-state index in [0.29, 0.717) is 30.5 Å². The summed E-state index contributed by atoms with van der Waals surface area (Å²) in [6.07, 6.45) is 1.85. The summed E-state index contributed by atoms with van der Waals surface area (Å²) in [5.74, 6) is 0.908. The second-order valence-corrected chi connectivity index (χ2v) is 9.68. The molecule has 1 amide bonds. The Morgan fingerprint density at radius 1 is 1.00 bits per heavy atom. The Kier molecular flexibility index (Phi) is 8.77. The number of sulfonamides is 1. The molecular formula is C20H34N2O3S. The van der Waals surface area contributed by atoms with Crippen molar-refractivity contribution < 1.29 is 13.2 Å². The average molecular weight is 383 g/mol. The summed E-state index contributed by atoms with van der Waals surface area (Å²) in [6.45, 7) is 13.4. The van der Waals surface area contributed by atoms with Crippen molar-refractivity contribution in [2.45, 2.75) is 65.3 Å². The first-order valence-corrected chi connectivity index (χ1v) is 10.9. The molecule has 0 aliphatic heterocycles. The lowest BCUT2D eigenvalue weighted by Crippen LogP contribution is -2.34. The van der Waals surface area contributed by atoms with Crippen molar-refractivity contribution in [2.75, 3.05) is 13.1 Å². The number of nitrogens with one attached hydrogen (secondary N) is 1. The third kappa shape index (κ3) is 7.46. The lowest BCUT2D eigenvalue weighted by Gasteiger charge is -2.25. The van der Waals surface area contributed by atoms with E-state index < -0.39 is 10.0 Å². The van der Waals surface area contributed by atoms with Gasteiger partial charge in [0, 0.05) is 24.7 Å². The Bertz CT molecular complexity index is 670. The van der Waals surface area contributed by atoms with Crippen LogP contribution in [0.25, 0.3) is 0 Å². The Morgan fingerprint density at radius 3 is 2.00 bits per heavy atom. The third-order valence-corrected chi connectivity index (χ3v) is 5.68. The van der Waals surface area contributed by atoms with Crippen LogP contribution >= 0.6 is 0 Å². The van der Waals surface area contributed by atoms with E-state index in [1.807, 2.05) is 4.90 Å². The van der Waals surface area contributed by atoms with Gasteiger partial charge in [0.1, 0.15) is 0 Å². The number of carbonyl (C=O) groups excluding carboxylic acids is 1. The summed E-state index contributed by atoms with van der Waals surface area (Å²) < 4.78 is 27.3. The molecule has 0 spiro atoms. The van der Waals surface area contributed by atoms with Crippen molar-refractivity contribution in [3.8, 4) is 0 Å². The fourth-order valence-electron chi connectivity index (χ4n) is 2.50. The highest BCUT2D eigenvalue weighted by Gasteiger charge is 2.20. The number of amides is 1. The van der Waals surface area contributed by atoms with E-state index in [4.69, 9.17) is 0 Å². The van der Waals surface area contributed by atoms with E-state index in [2.05, 4.69) is 32.4 Å². The normalized spacial score (nSPS) is 12.2. The summed E-state index contributed by atoms with van der Waals surface area (Å²) in [5.41, 5.74) is 0.421. The molecular weight excluding hydrogens is 348 g/mol. The van der Waals surface area contributed by atoms with Gasteiger partial charge in [-0.05, 0) is 56.7 Å². The summed E-state index contributed by atoms with van der Waals surface area (Å²) in [4.78, 5) is 15.0. The highest BCUT2D eigenvalue weighted by atomic mass is 32.2. The molecule has 5 nitrogen and oxygen atoms in total. The number of hydrogen-bond donors (Lipinski definition) is 1. The maximum atomic E-state index is 13.0. The van der Waals surface area contributed by atoms with Gasteiger partial charge in [0.2, 0.25) is 10.0 Å². The highest BCUT2D eigenvalue weighted by Crippen LogP contribution is 2.16. The zero-order valence-electron chi connectivity index (χ0n) is 17.0. The molecule has 0 aromatic heterocycles. The van der Waals surface area contributed by atoms with Crippen LogP contribution in [0.1, 0.15) is 64.7 Å². The summed E-state index contributed by atoms with van der Waals surface area (Å²) >= 11 is 0. The molecule has 26 heavy (non-hydrogen) atoms. The number of rotatable bonds is 10. The van der Waals surface area contributed by atoms with Crippen molar-refractivity contribution >= 4 is 15.9 Å². The van der Waals surface area contributed by atoms with Gasteiger partial charge in [-0.15, -0.1) is 0 Å². The van der Waals surface area contributed by atoms with Gasteiger partial charge in [-0.1, -0.05) is 33.8 Å². The van der Waals surface area contributed by atoms with E-state index in [1.165, 1.54) is 12.1 Å². The topological polar surface area (TPSA) is 66.5 Å². The number of nitrogens with zero attached hydrogens (tertiary/aromatic N) is 1. The highest BCUT2D eigenvalue weighted by molar-refractivity contribution is 7.89. The van der Waals surface area contributed by atoms with Crippen LogP contribution < -0.4 is 4.72 Å². The quantitative estimate of drug-likeness (QED) is 0.667. The van der Waals surface area contributed by atoms with E-state index in [1.54, 1.807) is 26.0 Å². The molecule has 0 saturated heterocycles. The first kappa shape index (κ1) is 22.6. The number of hydrogen-bond acceptors (Lipinski definition) is 3. The molecule has 148 valence electrons. The van der Waals surface area contributed by atoms with Crippen molar-refractivity contribution in [3.63, 3.8) is 0 Å². The van der Waals surface area contributed by atoms with E-state index in [0.717, 1.165) is 12.8 Å². The Balaban J connectivity index is 3.05. The SMILES string of the molecule is CC(C)CCN(CCC(C)C)C(=O)c1cccc(S(=O)(=O)NC(C)C)c1. The summed E-state index contributed by atoms with van der Waals surface area (Å²) in [5, 5.41) is 0. The molecule has 0 fully saturated rings. The smallest absolute Gasteiger partial charge is 0.253 e. The zero-order valence-corrected chi connectivity index (χ0v) is 17.8. The van der Waals surface area contributed by atoms with Gasteiger partial charge in [0.25, 0.3) is 5.91 Å². The molecule has 1 rings (SSSR count). The fraction of sp³-hybridized carbons (Fsp3) is 0.650. The molecule has 6 heteroatoms. The molecule has 0 aliphatic rings. The minimum Gasteiger partial charge on any atom is -0.339 e. The van der Waals surface area contributed by atoms with Crippen molar-refractivity contribution in [2.24, 2.45) is 11.8 Å². The standard InChI is InChI=1S/C20H34N2O3S/c1-15(2)10-12-22(13-11-16(3)4)20(23)18-8-7-9-19(14-18)26(24,25)21-17(5)6/h7-9,14-17,21H,10-13H2,1-6H3. The minimum absolute atomic E-state index is 0.104. The molecule has 0 aliphatic carbocycles. The molecule has 0 heterocycles. The summed E-state index contributed by atoms with van der Waals surface area (Å²) in [7, 11) is -3.61. The van der Waals surface area contributed by atoms with Gasteiger partial charge in [-0.2, -0.15) is 0 Å². The first-order chi connectivity index (χ1) is 12.0. The molecule has 0 radical (unpaired) electrons. The predicted molar refractivity (Wildman–Crippen MR) is 107 cm³/mol. The van der Waals surface area contributed by atoms with Crippen LogP contribution in [-0.4, -0.2) is 38.4 Å². The van der Waals surface area contributed by atoms with Crippen LogP contribution in [0.15, 0.2) is 29.2 Å². The largest absolute Gasteiger partial charge is 0.339 e. The second-order valence-electron chi connectivity index (χ2n) is 7.96.